The lowest BCUT2D eigenvalue weighted by atomic mass is 9.71. The maximum absolute atomic E-state index is 13.1. The second kappa shape index (κ2) is 9.44. The Morgan fingerprint density at radius 2 is 1.97 bits per heavy atom. The smallest absolute Gasteiger partial charge is 0.349 e. The van der Waals surface area contributed by atoms with Crippen molar-refractivity contribution >= 4 is 17.7 Å². The molecule has 2 aromatic rings. The molecule has 2 heterocycles. The van der Waals surface area contributed by atoms with Crippen molar-refractivity contribution in [1.82, 2.24) is 14.8 Å². The molecule has 0 radical (unpaired) electrons. The van der Waals surface area contributed by atoms with E-state index in [1.165, 1.54) is 11.0 Å². The molecule has 1 aromatic heterocycles. The van der Waals surface area contributed by atoms with E-state index in [4.69, 9.17) is 9.47 Å². The number of aliphatic hydroxyl groups excluding tert-OH is 1. The molecule has 2 aliphatic rings. The standard InChI is InChI=1S/C23H29N3O5S/c1-26-21(29)24-25-22(26)32-19-18(27)14-23(31-20(19)28,16-6-4-3-5-7-16)13-12-15-8-10-17(30-2)11-9-15/h8-11,16,27H,3-7,12-14H2,1-2H3,(H,24,29). The van der Waals surface area contributed by atoms with Crippen LogP contribution in [0.2, 0.25) is 0 Å². The van der Waals surface area contributed by atoms with Crippen LogP contribution in [0.1, 0.15) is 50.5 Å². The summed E-state index contributed by atoms with van der Waals surface area (Å²) in [5, 5.41) is 17.5. The largest absolute Gasteiger partial charge is 0.511 e. The summed E-state index contributed by atoms with van der Waals surface area (Å²) in [6.45, 7) is 0. The minimum absolute atomic E-state index is 0.0157. The number of carbonyl (C=O) groups is 1. The number of H-pyrrole nitrogens is 1. The number of aliphatic hydroxyl groups is 1. The molecular formula is C23H29N3O5S. The van der Waals surface area contributed by atoms with E-state index in [2.05, 4.69) is 10.2 Å². The highest BCUT2D eigenvalue weighted by atomic mass is 32.2. The van der Waals surface area contributed by atoms with E-state index in [9.17, 15) is 14.7 Å². The van der Waals surface area contributed by atoms with Crippen molar-refractivity contribution in [3.05, 3.63) is 51.0 Å². The molecule has 4 rings (SSSR count). The summed E-state index contributed by atoms with van der Waals surface area (Å²) < 4.78 is 12.7. The topological polar surface area (TPSA) is 106 Å². The molecule has 1 atom stereocenters. The fraction of sp³-hybridized carbons (Fsp3) is 0.522. The molecule has 0 amide bonds. The van der Waals surface area contributed by atoms with Gasteiger partial charge in [0.05, 0.1) is 7.11 Å². The molecular weight excluding hydrogens is 430 g/mol. The number of aryl methyl sites for hydroxylation is 1. The zero-order valence-electron chi connectivity index (χ0n) is 18.4. The number of thioether (sulfide) groups is 1. The number of nitrogens with zero attached hydrogens (tertiary/aromatic N) is 2. The van der Waals surface area contributed by atoms with Gasteiger partial charge in [-0.25, -0.2) is 14.7 Å². The van der Waals surface area contributed by atoms with Crippen LogP contribution in [0.25, 0.3) is 0 Å². The number of carbonyl (C=O) groups excluding carboxylic acids is 1. The first-order valence-electron chi connectivity index (χ1n) is 11.0. The van der Waals surface area contributed by atoms with Crippen molar-refractivity contribution in [2.45, 2.75) is 62.1 Å². The fourth-order valence-electron chi connectivity index (χ4n) is 4.71. The summed E-state index contributed by atoms with van der Waals surface area (Å²) in [6.07, 6.45) is 7.02. The van der Waals surface area contributed by atoms with E-state index in [0.29, 0.717) is 11.6 Å². The van der Waals surface area contributed by atoms with Gasteiger partial charge in [0.1, 0.15) is 22.0 Å². The van der Waals surface area contributed by atoms with E-state index in [1.807, 2.05) is 24.3 Å². The van der Waals surface area contributed by atoms with Crippen molar-refractivity contribution in [3.8, 4) is 5.75 Å². The molecule has 8 nitrogen and oxygen atoms in total. The van der Waals surface area contributed by atoms with Crippen LogP contribution in [0.15, 0.2) is 44.9 Å². The minimum Gasteiger partial charge on any atom is -0.511 e. The summed E-state index contributed by atoms with van der Waals surface area (Å²) >= 11 is 0.956. The van der Waals surface area contributed by atoms with Crippen LogP contribution in [-0.2, 0) is 23.0 Å². The Morgan fingerprint density at radius 1 is 1.25 bits per heavy atom. The first kappa shape index (κ1) is 22.5. The normalized spacial score (nSPS) is 22.1. The van der Waals surface area contributed by atoms with Crippen LogP contribution < -0.4 is 10.4 Å². The monoisotopic (exact) mass is 459 g/mol. The summed E-state index contributed by atoms with van der Waals surface area (Å²) in [6, 6.07) is 7.89. The SMILES string of the molecule is COc1ccc(CCC2(C3CCCCC3)CC(O)=C(Sc3n[nH]c(=O)n3C)C(=O)O2)cc1. The predicted octanol–water partition coefficient (Wildman–Crippen LogP) is 3.88. The Hall–Kier alpha value is -2.68. The number of rotatable bonds is 7. The third kappa shape index (κ3) is 4.57. The summed E-state index contributed by atoms with van der Waals surface area (Å²) in [4.78, 5) is 24.8. The molecule has 1 aliphatic heterocycles. The third-order valence-corrected chi connectivity index (χ3v) is 7.74. The highest BCUT2D eigenvalue weighted by molar-refractivity contribution is 8.03. The Kier molecular flexibility index (Phi) is 6.64. The van der Waals surface area contributed by atoms with Crippen molar-refractivity contribution in [1.29, 1.82) is 0 Å². The predicted molar refractivity (Wildman–Crippen MR) is 121 cm³/mol. The van der Waals surface area contributed by atoms with Gasteiger partial charge < -0.3 is 14.6 Å². The van der Waals surface area contributed by atoms with Gasteiger partial charge in [0.2, 0.25) is 0 Å². The van der Waals surface area contributed by atoms with Gasteiger partial charge in [-0.05, 0) is 61.1 Å². The number of ether oxygens (including phenoxy) is 2. The van der Waals surface area contributed by atoms with Crippen LogP contribution in [0.4, 0.5) is 0 Å². The molecule has 32 heavy (non-hydrogen) atoms. The number of aromatic nitrogens is 3. The number of esters is 1. The van der Waals surface area contributed by atoms with Gasteiger partial charge in [-0.15, -0.1) is 5.10 Å². The van der Waals surface area contributed by atoms with E-state index < -0.39 is 11.6 Å². The van der Waals surface area contributed by atoms with Crippen LogP contribution >= 0.6 is 11.8 Å². The molecule has 0 saturated heterocycles. The zero-order chi connectivity index (χ0) is 22.7. The average molecular weight is 460 g/mol. The highest BCUT2D eigenvalue weighted by Gasteiger charge is 2.47. The first-order valence-corrected chi connectivity index (χ1v) is 11.8. The number of methoxy groups -OCH3 is 1. The molecule has 1 fully saturated rings. The van der Waals surface area contributed by atoms with Crippen molar-refractivity contribution in [3.63, 3.8) is 0 Å². The molecule has 9 heteroatoms. The molecule has 1 unspecified atom stereocenters. The minimum atomic E-state index is -0.733. The van der Waals surface area contributed by atoms with Crippen LogP contribution in [0.3, 0.4) is 0 Å². The Labute approximate surface area is 191 Å². The zero-order valence-corrected chi connectivity index (χ0v) is 19.2. The summed E-state index contributed by atoms with van der Waals surface area (Å²) in [7, 11) is 3.20. The number of cyclic esters (lactones) is 1. The van der Waals surface area contributed by atoms with Crippen molar-refractivity contribution in [2.24, 2.45) is 13.0 Å². The van der Waals surface area contributed by atoms with E-state index in [0.717, 1.165) is 55.2 Å². The van der Waals surface area contributed by atoms with Gasteiger partial charge in [-0.2, -0.15) is 0 Å². The molecule has 1 saturated carbocycles. The molecule has 1 aromatic carbocycles. The molecule has 0 bridgehead atoms. The molecule has 2 N–H and O–H groups in total. The lowest BCUT2D eigenvalue weighted by molar-refractivity contribution is -0.168. The first-order chi connectivity index (χ1) is 15.4. The number of hydrogen-bond acceptors (Lipinski definition) is 7. The molecule has 0 spiro atoms. The van der Waals surface area contributed by atoms with Crippen LogP contribution in [-0.4, -0.2) is 38.6 Å². The van der Waals surface area contributed by atoms with Gasteiger partial charge >= 0.3 is 11.7 Å². The van der Waals surface area contributed by atoms with Gasteiger partial charge in [0.15, 0.2) is 5.16 Å². The second-order valence-electron chi connectivity index (χ2n) is 8.56. The maximum Gasteiger partial charge on any atom is 0.349 e. The molecule has 1 aliphatic carbocycles. The van der Waals surface area contributed by atoms with E-state index in [1.54, 1.807) is 14.2 Å². The van der Waals surface area contributed by atoms with Crippen LogP contribution in [0.5, 0.6) is 5.75 Å². The highest BCUT2D eigenvalue weighted by Crippen LogP contribution is 2.46. The number of hydrogen-bond donors (Lipinski definition) is 2. The van der Waals surface area contributed by atoms with Gasteiger partial charge in [0, 0.05) is 13.5 Å². The average Bonchev–Trinajstić information content (AvgIpc) is 3.13. The van der Waals surface area contributed by atoms with Gasteiger partial charge in [-0.3, -0.25) is 4.57 Å². The summed E-state index contributed by atoms with van der Waals surface area (Å²) in [5.74, 6) is 0.480. The number of nitrogens with one attached hydrogen (secondary N) is 1. The second-order valence-corrected chi connectivity index (χ2v) is 9.54. The van der Waals surface area contributed by atoms with Crippen molar-refractivity contribution in [2.75, 3.05) is 7.11 Å². The van der Waals surface area contributed by atoms with Crippen LogP contribution in [0, 0.1) is 5.92 Å². The van der Waals surface area contributed by atoms with E-state index >= 15 is 0 Å². The third-order valence-electron chi connectivity index (χ3n) is 6.59. The van der Waals surface area contributed by atoms with E-state index in [-0.39, 0.29) is 28.7 Å². The van der Waals surface area contributed by atoms with Gasteiger partial charge in [-0.1, -0.05) is 31.4 Å². The quantitative estimate of drug-likeness (QED) is 0.605. The molecule has 172 valence electrons. The Morgan fingerprint density at radius 3 is 2.56 bits per heavy atom. The maximum atomic E-state index is 13.1. The Balaban J connectivity index is 1.58. The fourth-order valence-corrected chi connectivity index (χ4v) is 5.52. The number of benzene rings is 1. The summed E-state index contributed by atoms with van der Waals surface area (Å²) in [5.41, 5.74) is 0.0169. The van der Waals surface area contributed by atoms with Crippen molar-refractivity contribution < 1.29 is 19.4 Å². The lowest BCUT2D eigenvalue weighted by Crippen LogP contribution is -2.47. The number of aromatic amines is 1. The van der Waals surface area contributed by atoms with Gasteiger partial charge in [0.25, 0.3) is 0 Å². The lowest BCUT2D eigenvalue weighted by Gasteiger charge is -2.44. The Bertz CT molecular complexity index is 1050.